The van der Waals surface area contributed by atoms with Crippen molar-refractivity contribution in [2.24, 2.45) is 0 Å². The number of aliphatic hydroxyl groups is 1. The molecule has 8 heteroatoms. The normalized spacial score (nSPS) is 21.4. The molecule has 1 heterocycles. The third-order valence-corrected chi connectivity index (χ3v) is 3.87. The van der Waals surface area contributed by atoms with Crippen LogP contribution in [-0.2, 0) is 4.79 Å². The molecule has 2 unspecified atom stereocenters. The highest BCUT2D eigenvalue weighted by Gasteiger charge is 2.49. The minimum Gasteiger partial charge on any atom is -0.382 e. The number of rotatable bonds is 2. The van der Waals surface area contributed by atoms with Gasteiger partial charge in [0, 0.05) is 12.1 Å². The van der Waals surface area contributed by atoms with Crippen LogP contribution in [0.5, 0.6) is 0 Å². The van der Waals surface area contributed by atoms with Crippen LogP contribution in [0, 0.1) is 0 Å². The van der Waals surface area contributed by atoms with Crippen LogP contribution in [-0.4, -0.2) is 29.3 Å². The molecule has 2 rings (SSSR count). The second-order valence-electron chi connectivity index (χ2n) is 4.45. The van der Waals surface area contributed by atoms with Crippen molar-refractivity contribution in [1.29, 1.82) is 0 Å². The summed E-state index contributed by atoms with van der Waals surface area (Å²) in [6, 6.07) is 2.75. The van der Waals surface area contributed by atoms with Gasteiger partial charge in [-0.25, -0.2) is 0 Å². The fourth-order valence-corrected chi connectivity index (χ4v) is 2.49. The van der Waals surface area contributed by atoms with Gasteiger partial charge >= 0.3 is 6.18 Å². The summed E-state index contributed by atoms with van der Waals surface area (Å²) in [4.78, 5) is 12.7. The first-order valence-corrected chi connectivity index (χ1v) is 6.49. The Kier molecular flexibility index (Phi) is 4.18. The van der Waals surface area contributed by atoms with Gasteiger partial charge in [-0.3, -0.25) is 4.79 Å². The first-order chi connectivity index (χ1) is 9.21. The number of hydrogen-bond donors (Lipinski definition) is 1. The number of amides is 1. The predicted octanol–water partition coefficient (Wildman–Crippen LogP) is 3.41. The fourth-order valence-electron chi connectivity index (χ4n) is 2.19. The van der Waals surface area contributed by atoms with Crippen LogP contribution in [0.25, 0.3) is 0 Å². The predicted molar refractivity (Wildman–Crippen MR) is 69.0 cm³/mol. The van der Waals surface area contributed by atoms with E-state index in [9.17, 15) is 23.1 Å². The van der Waals surface area contributed by atoms with E-state index in [-0.39, 0.29) is 28.6 Å². The zero-order valence-electron chi connectivity index (χ0n) is 9.99. The molecular weight excluding hydrogens is 318 g/mol. The van der Waals surface area contributed by atoms with Crippen molar-refractivity contribution in [3.63, 3.8) is 0 Å². The summed E-state index contributed by atoms with van der Waals surface area (Å²) in [7, 11) is 0. The van der Waals surface area contributed by atoms with Crippen LogP contribution in [0.15, 0.2) is 18.2 Å². The lowest BCUT2D eigenvalue weighted by molar-refractivity contribution is -0.209. The fraction of sp³-hybridized carbons (Fsp3) is 0.417. The Balaban J connectivity index is 2.36. The average Bonchev–Trinajstić information content (AvgIpc) is 2.72. The molecule has 0 aliphatic carbocycles. The van der Waals surface area contributed by atoms with Crippen LogP contribution in [0.1, 0.15) is 12.8 Å². The van der Waals surface area contributed by atoms with E-state index < -0.39 is 24.2 Å². The van der Waals surface area contributed by atoms with Crippen molar-refractivity contribution in [2.75, 3.05) is 4.90 Å². The van der Waals surface area contributed by atoms with E-state index in [0.717, 1.165) is 4.90 Å². The Morgan fingerprint density at radius 3 is 2.50 bits per heavy atom. The van der Waals surface area contributed by atoms with Crippen molar-refractivity contribution in [3.05, 3.63) is 28.2 Å². The highest BCUT2D eigenvalue weighted by molar-refractivity contribution is 6.42. The Hall–Kier alpha value is -0.980. The monoisotopic (exact) mass is 327 g/mol. The smallest absolute Gasteiger partial charge is 0.382 e. The maximum atomic E-state index is 12.6. The minimum atomic E-state index is -4.79. The second-order valence-corrected chi connectivity index (χ2v) is 5.27. The molecule has 1 aliphatic rings. The summed E-state index contributed by atoms with van der Waals surface area (Å²) in [5.74, 6) is -0.489. The van der Waals surface area contributed by atoms with Crippen molar-refractivity contribution >= 4 is 34.8 Å². The Morgan fingerprint density at radius 2 is 1.95 bits per heavy atom. The van der Waals surface area contributed by atoms with Crippen molar-refractivity contribution in [1.82, 2.24) is 0 Å². The summed E-state index contributed by atoms with van der Waals surface area (Å²) in [5, 5.41) is 9.74. The van der Waals surface area contributed by atoms with Crippen LogP contribution < -0.4 is 4.90 Å². The van der Waals surface area contributed by atoms with E-state index in [1.54, 1.807) is 0 Å². The zero-order chi connectivity index (χ0) is 15.1. The van der Waals surface area contributed by atoms with Crippen LogP contribution >= 0.6 is 23.2 Å². The Bertz CT molecular complexity index is 536. The molecule has 1 aromatic carbocycles. The number of anilines is 1. The van der Waals surface area contributed by atoms with Crippen molar-refractivity contribution in [3.8, 4) is 0 Å². The molecule has 1 aliphatic heterocycles. The molecule has 110 valence electrons. The van der Waals surface area contributed by atoms with E-state index in [1.165, 1.54) is 18.2 Å². The Morgan fingerprint density at radius 1 is 1.30 bits per heavy atom. The van der Waals surface area contributed by atoms with Crippen molar-refractivity contribution < 1.29 is 23.1 Å². The molecule has 1 aromatic rings. The molecule has 3 nitrogen and oxygen atoms in total. The summed E-state index contributed by atoms with van der Waals surface area (Å²) in [6.45, 7) is 0. The average molecular weight is 328 g/mol. The standard InChI is InChI=1S/C12H10Cl2F3NO2/c13-7-2-1-6(5-8(7)14)18-9(3-4-10(18)19)11(20)12(15,16)17/h1-2,5,9,11,20H,3-4H2. The highest BCUT2D eigenvalue weighted by atomic mass is 35.5. The number of hydrogen-bond acceptors (Lipinski definition) is 2. The summed E-state index contributed by atoms with van der Waals surface area (Å²) >= 11 is 11.5. The molecule has 0 spiro atoms. The maximum Gasteiger partial charge on any atom is 0.416 e. The van der Waals surface area contributed by atoms with Crippen LogP contribution in [0.4, 0.5) is 18.9 Å². The molecule has 0 saturated carbocycles. The highest BCUT2D eigenvalue weighted by Crippen LogP contribution is 2.36. The third kappa shape index (κ3) is 2.87. The quantitative estimate of drug-likeness (QED) is 0.904. The van der Waals surface area contributed by atoms with Gasteiger partial charge in [-0.2, -0.15) is 13.2 Å². The van der Waals surface area contributed by atoms with E-state index in [0.29, 0.717) is 0 Å². The van der Waals surface area contributed by atoms with Gasteiger partial charge in [0.2, 0.25) is 5.91 Å². The molecule has 1 amide bonds. The molecule has 0 aromatic heterocycles. The third-order valence-electron chi connectivity index (χ3n) is 3.14. The first kappa shape index (κ1) is 15.4. The van der Waals surface area contributed by atoms with Gasteiger partial charge in [0.1, 0.15) is 0 Å². The minimum absolute atomic E-state index is 0.0575. The van der Waals surface area contributed by atoms with Gasteiger partial charge in [-0.1, -0.05) is 23.2 Å². The summed E-state index contributed by atoms with van der Waals surface area (Å²) in [6.07, 6.45) is -7.51. The lowest BCUT2D eigenvalue weighted by atomic mass is 10.1. The largest absolute Gasteiger partial charge is 0.416 e. The van der Waals surface area contributed by atoms with E-state index >= 15 is 0 Å². The number of carbonyl (C=O) groups is 1. The number of benzene rings is 1. The number of carbonyl (C=O) groups excluding carboxylic acids is 1. The maximum absolute atomic E-state index is 12.6. The van der Waals surface area contributed by atoms with Gasteiger partial charge in [-0.05, 0) is 24.6 Å². The molecule has 1 saturated heterocycles. The van der Waals surface area contributed by atoms with Gasteiger partial charge in [0.05, 0.1) is 16.1 Å². The second kappa shape index (κ2) is 5.42. The zero-order valence-corrected chi connectivity index (χ0v) is 11.5. The lowest BCUT2D eigenvalue weighted by Gasteiger charge is -2.30. The number of halogens is 5. The topological polar surface area (TPSA) is 40.5 Å². The molecule has 1 fully saturated rings. The molecule has 0 radical (unpaired) electrons. The number of nitrogens with zero attached hydrogens (tertiary/aromatic N) is 1. The molecular formula is C12H10Cl2F3NO2. The van der Waals surface area contributed by atoms with Gasteiger partial charge in [0.15, 0.2) is 6.10 Å². The number of alkyl halides is 3. The van der Waals surface area contributed by atoms with Gasteiger partial charge < -0.3 is 10.0 Å². The van der Waals surface area contributed by atoms with E-state index in [2.05, 4.69) is 0 Å². The summed E-state index contributed by atoms with van der Waals surface area (Å²) in [5.41, 5.74) is 0.190. The van der Waals surface area contributed by atoms with Gasteiger partial charge in [-0.15, -0.1) is 0 Å². The van der Waals surface area contributed by atoms with Gasteiger partial charge in [0.25, 0.3) is 0 Å². The lowest BCUT2D eigenvalue weighted by Crippen LogP contribution is -2.48. The molecule has 20 heavy (non-hydrogen) atoms. The van der Waals surface area contributed by atoms with Crippen molar-refractivity contribution in [2.45, 2.75) is 31.2 Å². The number of aliphatic hydroxyl groups excluding tert-OH is 1. The SMILES string of the molecule is O=C1CCC(C(O)C(F)(F)F)N1c1ccc(Cl)c(Cl)c1. The van der Waals surface area contributed by atoms with E-state index in [4.69, 9.17) is 23.2 Å². The Labute approximate surface area is 122 Å². The van der Waals surface area contributed by atoms with Crippen LogP contribution in [0.2, 0.25) is 10.0 Å². The first-order valence-electron chi connectivity index (χ1n) is 5.73. The molecule has 2 atom stereocenters. The van der Waals surface area contributed by atoms with Crippen LogP contribution in [0.3, 0.4) is 0 Å². The summed E-state index contributed by atoms with van der Waals surface area (Å²) < 4.78 is 37.9. The van der Waals surface area contributed by atoms with E-state index in [1.807, 2.05) is 0 Å². The molecule has 0 bridgehead atoms. The molecule has 1 N–H and O–H groups in total.